The van der Waals surface area contributed by atoms with Crippen molar-refractivity contribution in [3.05, 3.63) is 70.8 Å². The van der Waals surface area contributed by atoms with Crippen LogP contribution in [0.1, 0.15) is 34.6 Å². The largest absolute Gasteiger partial charge is 0.416 e. The first-order valence-corrected chi connectivity index (χ1v) is 11.7. The van der Waals surface area contributed by atoms with Crippen LogP contribution in [0, 0.1) is 5.92 Å². The van der Waals surface area contributed by atoms with Crippen LogP contribution in [0.4, 0.5) is 13.2 Å². The molecule has 2 aromatic carbocycles. The second-order valence-corrected chi connectivity index (χ2v) is 9.58. The van der Waals surface area contributed by atoms with Crippen LogP contribution in [-0.4, -0.2) is 43.8 Å². The van der Waals surface area contributed by atoms with Gasteiger partial charge in [0.15, 0.2) is 0 Å². The lowest BCUT2D eigenvalue weighted by Gasteiger charge is -2.33. The van der Waals surface area contributed by atoms with E-state index < -0.39 is 21.9 Å². The van der Waals surface area contributed by atoms with Gasteiger partial charge in [-0.25, -0.2) is 0 Å². The fourth-order valence-electron chi connectivity index (χ4n) is 4.87. The molecular weight excluding hydrogens is 415 g/mol. The Kier molecular flexibility index (Phi) is 6.60. The van der Waals surface area contributed by atoms with E-state index in [0.717, 1.165) is 24.9 Å². The van der Waals surface area contributed by atoms with Crippen molar-refractivity contribution in [3.63, 3.8) is 0 Å². The van der Waals surface area contributed by atoms with E-state index in [2.05, 4.69) is 24.1 Å². The highest BCUT2D eigenvalue weighted by atomic mass is 32.2. The van der Waals surface area contributed by atoms with Gasteiger partial charge in [0, 0.05) is 18.5 Å². The fourth-order valence-corrected chi connectivity index (χ4v) is 4.87. The van der Waals surface area contributed by atoms with Crippen molar-refractivity contribution in [2.45, 2.75) is 37.4 Å². The number of nitrogens with zero attached hydrogens (tertiary/aromatic N) is 1. The van der Waals surface area contributed by atoms with E-state index in [4.69, 9.17) is 4.55 Å². The standard InChI is InChI=1S/C21H22F3N.CH4O3S/c1-25-13-18-15-8-5-9-19(21(22,23)24)16(15)10-11-17(18)20(25)12-14-6-3-2-4-7-14;1-5(2,3)4/h2-9,17-18,20H,10-13H2,1H3;1H3,(H,2,3,4)/t17?,18-,20-;/m1./s1. The molecule has 1 heterocycles. The third-order valence-electron chi connectivity index (χ3n) is 5.99. The summed E-state index contributed by atoms with van der Waals surface area (Å²) in [6.45, 7) is 0.844. The molecule has 1 N–H and O–H groups in total. The summed E-state index contributed by atoms with van der Waals surface area (Å²) >= 11 is 0. The predicted octanol–water partition coefficient (Wildman–Crippen LogP) is 4.41. The fraction of sp³-hybridized carbons (Fsp3) is 0.455. The van der Waals surface area contributed by atoms with Crippen LogP contribution in [0.5, 0.6) is 0 Å². The molecule has 0 radical (unpaired) electrons. The second-order valence-electron chi connectivity index (χ2n) is 8.11. The molecule has 1 saturated heterocycles. The van der Waals surface area contributed by atoms with E-state index >= 15 is 0 Å². The molecule has 1 fully saturated rings. The number of likely N-dealkylation sites (N-methyl/N-ethyl adjacent to an activating group) is 1. The number of fused-ring (bicyclic) bond motifs is 3. The van der Waals surface area contributed by atoms with Crippen LogP contribution in [0.15, 0.2) is 48.5 Å². The third kappa shape index (κ3) is 5.42. The van der Waals surface area contributed by atoms with Gasteiger partial charge in [0.25, 0.3) is 10.1 Å². The van der Waals surface area contributed by atoms with Crippen molar-refractivity contribution in [1.29, 1.82) is 0 Å². The first-order chi connectivity index (χ1) is 13.9. The SMILES string of the molecule is CN1C[C@@H]2c3cccc(C(F)(F)F)c3CCC2[C@H]1Cc1ccccc1.CS(=O)(=O)O. The maximum Gasteiger partial charge on any atom is 0.416 e. The number of halogens is 3. The van der Waals surface area contributed by atoms with Crippen molar-refractivity contribution < 1.29 is 26.1 Å². The monoisotopic (exact) mass is 441 g/mol. The molecule has 0 saturated carbocycles. The minimum atomic E-state index is -4.26. The first-order valence-electron chi connectivity index (χ1n) is 9.80. The summed E-state index contributed by atoms with van der Waals surface area (Å²) in [6.07, 6.45) is -1.20. The van der Waals surface area contributed by atoms with Gasteiger partial charge < -0.3 is 4.90 Å². The van der Waals surface area contributed by atoms with Crippen LogP contribution >= 0.6 is 0 Å². The van der Waals surface area contributed by atoms with Crippen molar-refractivity contribution in [2.75, 3.05) is 19.8 Å². The molecule has 4 nitrogen and oxygen atoms in total. The Morgan fingerprint density at radius 2 is 1.73 bits per heavy atom. The van der Waals surface area contributed by atoms with Crippen molar-refractivity contribution >= 4 is 10.1 Å². The number of likely N-dealkylation sites (tertiary alicyclic amines) is 1. The Hall–Kier alpha value is -1.90. The Morgan fingerprint density at radius 1 is 1.10 bits per heavy atom. The van der Waals surface area contributed by atoms with E-state index in [9.17, 15) is 21.6 Å². The number of benzene rings is 2. The molecule has 1 aliphatic carbocycles. The van der Waals surface area contributed by atoms with E-state index in [1.165, 1.54) is 11.6 Å². The molecule has 0 spiro atoms. The summed E-state index contributed by atoms with van der Waals surface area (Å²) in [6, 6.07) is 15.5. The molecule has 0 aromatic heterocycles. The maximum absolute atomic E-state index is 13.4. The molecule has 2 aliphatic rings. The summed E-state index contributed by atoms with van der Waals surface area (Å²) in [5.41, 5.74) is 2.32. The minimum absolute atomic E-state index is 0.213. The van der Waals surface area contributed by atoms with Gasteiger partial charge in [0.05, 0.1) is 11.8 Å². The number of alkyl halides is 3. The van der Waals surface area contributed by atoms with Gasteiger partial charge in [0.2, 0.25) is 0 Å². The average Bonchev–Trinajstić information content (AvgIpc) is 2.96. The molecular formula is C22H26F3NO3S. The molecule has 0 bridgehead atoms. The Morgan fingerprint density at radius 3 is 2.33 bits per heavy atom. The van der Waals surface area contributed by atoms with Gasteiger partial charge in [0.1, 0.15) is 0 Å². The Labute approximate surface area is 175 Å². The van der Waals surface area contributed by atoms with Gasteiger partial charge in [-0.15, -0.1) is 0 Å². The zero-order chi connectivity index (χ0) is 22.1. The Balaban J connectivity index is 0.000000461. The Bertz CT molecular complexity index is 969. The van der Waals surface area contributed by atoms with Gasteiger partial charge in [-0.2, -0.15) is 21.6 Å². The lowest BCUT2D eigenvalue weighted by molar-refractivity contribution is -0.138. The van der Waals surface area contributed by atoms with Crippen LogP contribution in [0.3, 0.4) is 0 Å². The predicted molar refractivity (Wildman–Crippen MR) is 110 cm³/mol. The molecule has 0 amide bonds. The summed E-state index contributed by atoms with van der Waals surface area (Å²) in [4.78, 5) is 2.34. The molecule has 164 valence electrons. The summed E-state index contributed by atoms with van der Waals surface area (Å²) in [5.74, 6) is 0.644. The second kappa shape index (κ2) is 8.69. The number of rotatable bonds is 2. The highest BCUT2D eigenvalue weighted by Crippen LogP contribution is 2.48. The normalized spacial score (nSPS) is 23.9. The van der Waals surface area contributed by atoms with Crippen molar-refractivity contribution in [1.82, 2.24) is 4.90 Å². The van der Waals surface area contributed by atoms with E-state index in [1.807, 2.05) is 24.3 Å². The number of hydrogen-bond donors (Lipinski definition) is 1. The molecule has 2 aromatic rings. The van der Waals surface area contributed by atoms with Gasteiger partial charge in [-0.05, 0) is 55.0 Å². The highest BCUT2D eigenvalue weighted by molar-refractivity contribution is 7.85. The quantitative estimate of drug-likeness (QED) is 0.702. The maximum atomic E-state index is 13.4. The first kappa shape index (κ1) is 22.8. The van der Waals surface area contributed by atoms with Gasteiger partial charge >= 0.3 is 6.18 Å². The summed E-state index contributed by atoms with van der Waals surface area (Å²) in [7, 11) is -1.56. The highest BCUT2D eigenvalue weighted by Gasteiger charge is 2.45. The van der Waals surface area contributed by atoms with Crippen LogP contribution in [-0.2, 0) is 29.1 Å². The minimum Gasteiger partial charge on any atom is -0.302 e. The topological polar surface area (TPSA) is 57.6 Å². The van der Waals surface area contributed by atoms with E-state index in [0.29, 0.717) is 30.2 Å². The lowest BCUT2D eigenvalue weighted by atomic mass is 9.72. The molecule has 1 unspecified atom stereocenters. The molecule has 1 aliphatic heterocycles. The van der Waals surface area contributed by atoms with Crippen LogP contribution in [0.25, 0.3) is 0 Å². The van der Waals surface area contributed by atoms with Crippen molar-refractivity contribution in [2.24, 2.45) is 5.92 Å². The molecule has 4 rings (SSSR count). The van der Waals surface area contributed by atoms with E-state index in [-0.39, 0.29) is 5.92 Å². The van der Waals surface area contributed by atoms with Crippen molar-refractivity contribution in [3.8, 4) is 0 Å². The van der Waals surface area contributed by atoms with Crippen LogP contribution in [0.2, 0.25) is 0 Å². The van der Waals surface area contributed by atoms with E-state index in [1.54, 1.807) is 6.07 Å². The average molecular weight is 442 g/mol. The molecule has 3 atom stereocenters. The van der Waals surface area contributed by atoms with Gasteiger partial charge in [-0.3, -0.25) is 4.55 Å². The summed E-state index contributed by atoms with van der Waals surface area (Å²) < 4.78 is 65.9. The third-order valence-corrected chi connectivity index (χ3v) is 5.99. The molecule has 30 heavy (non-hydrogen) atoms. The smallest absolute Gasteiger partial charge is 0.302 e. The zero-order valence-corrected chi connectivity index (χ0v) is 17.7. The number of hydrogen-bond acceptors (Lipinski definition) is 3. The zero-order valence-electron chi connectivity index (χ0n) is 16.9. The summed E-state index contributed by atoms with van der Waals surface area (Å²) in [5, 5.41) is 0. The lowest BCUT2D eigenvalue weighted by Crippen LogP contribution is -2.33. The molecule has 8 heteroatoms. The van der Waals surface area contributed by atoms with Gasteiger partial charge in [-0.1, -0.05) is 42.5 Å². The van der Waals surface area contributed by atoms with Crippen LogP contribution < -0.4 is 0 Å².